The summed E-state index contributed by atoms with van der Waals surface area (Å²) in [5, 5.41) is 14.1. The minimum atomic E-state index is -0.203. The lowest BCUT2D eigenvalue weighted by atomic mass is 10.1. The van der Waals surface area contributed by atoms with Gasteiger partial charge in [0.05, 0.1) is 11.5 Å². The Kier molecular flexibility index (Phi) is 7.06. The van der Waals surface area contributed by atoms with E-state index in [2.05, 4.69) is 20.7 Å². The molecule has 0 aliphatic carbocycles. The number of nitrogens with one attached hydrogen (secondary N) is 1. The van der Waals surface area contributed by atoms with E-state index in [0.717, 1.165) is 17.0 Å². The molecule has 3 aromatic rings. The molecule has 1 N–H and O–H groups in total. The van der Waals surface area contributed by atoms with Crippen molar-refractivity contribution in [1.29, 1.82) is 0 Å². The van der Waals surface area contributed by atoms with Gasteiger partial charge in [-0.05, 0) is 38.5 Å². The molecular weight excluding hydrogens is 406 g/mol. The van der Waals surface area contributed by atoms with Crippen LogP contribution in [0.3, 0.4) is 0 Å². The van der Waals surface area contributed by atoms with Crippen molar-refractivity contribution in [3.8, 4) is 11.4 Å². The van der Waals surface area contributed by atoms with Crippen molar-refractivity contribution in [2.24, 2.45) is 5.10 Å². The molecule has 8 heteroatoms. The van der Waals surface area contributed by atoms with E-state index >= 15 is 0 Å². The maximum absolute atomic E-state index is 12.2. The smallest absolute Gasteiger partial charge is 0.250 e. The number of hydrogen-bond acceptors (Lipinski definition) is 5. The molecule has 2 aromatic carbocycles. The molecule has 1 heterocycles. The van der Waals surface area contributed by atoms with Gasteiger partial charge < -0.3 is 4.57 Å². The molecule has 0 bridgehead atoms. The maximum atomic E-state index is 12.2. The van der Waals surface area contributed by atoms with Gasteiger partial charge in [-0.25, -0.2) is 5.43 Å². The molecule has 0 saturated heterocycles. The van der Waals surface area contributed by atoms with Crippen molar-refractivity contribution in [2.75, 3.05) is 5.75 Å². The SMILES string of the molecule is CCn1c(SCC(=O)N/N=C(/C)c2ccc(Cl)cc2)nnc1-c1ccc(C)cc1. The van der Waals surface area contributed by atoms with E-state index in [1.807, 2.05) is 61.7 Å². The highest BCUT2D eigenvalue weighted by Gasteiger charge is 2.14. The van der Waals surface area contributed by atoms with Gasteiger partial charge in [-0.1, -0.05) is 65.3 Å². The number of hydrazone groups is 1. The molecule has 3 rings (SSSR count). The summed E-state index contributed by atoms with van der Waals surface area (Å²) in [6, 6.07) is 15.4. The predicted molar refractivity (Wildman–Crippen MR) is 118 cm³/mol. The summed E-state index contributed by atoms with van der Waals surface area (Å²) in [7, 11) is 0. The minimum Gasteiger partial charge on any atom is -0.302 e. The monoisotopic (exact) mass is 427 g/mol. The highest BCUT2D eigenvalue weighted by atomic mass is 35.5. The zero-order chi connectivity index (χ0) is 20.8. The number of nitrogens with zero attached hydrogens (tertiary/aromatic N) is 4. The van der Waals surface area contributed by atoms with E-state index < -0.39 is 0 Å². The fourth-order valence-corrected chi connectivity index (χ4v) is 3.58. The predicted octanol–water partition coefficient (Wildman–Crippen LogP) is 4.56. The average Bonchev–Trinajstić information content (AvgIpc) is 3.14. The third-order valence-corrected chi connectivity index (χ3v) is 5.50. The fraction of sp³-hybridized carbons (Fsp3) is 0.238. The third-order valence-electron chi connectivity index (χ3n) is 4.29. The summed E-state index contributed by atoms with van der Waals surface area (Å²) in [6.45, 7) is 6.63. The minimum absolute atomic E-state index is 0.198. The van der Waals surface area contributed by atoms with E-state index in [-0.39, 0.29) is 11.7 Å². The van der Waals surface area contributed by atoms with Crippen molar-refractivity contribution >= 4 is 35.0 Å². The number of aryl methyl sites for hydroxylation is 1. The van der Waals surface area contributed by atoms with Crippen LogP contribution in [0.1, 0.15) is 25.0 Å². The third kappa shape index (κ3) is 5.46. The van der Waals surface area contributed by atoms with Crippen molar-refractivity contribution in [1.82, 2.24) is 20.2 Å². The number of benzene rings is 2. The number of aromatic nitrogens is 3. The molecule has 6 nitrogen and oxygen atoms in total. The Morgan fingerprint density at radius 2 is 1.83 bits per heavy atom. The second-order valence-electron chi connectivity index (χ2n) is 6.44. The first-order valence-corrected chi connectivity index (χ1v) is 10.6. The molecule has 0 saturated carbocycles. The number of halogens is 1. The van der Waals surface area contributed by atoms with Crippen LogP contribution in [-0.4, -0.2) is 32.1 Å². The topological polar surface area (TPSA) is 72.2 Å². The van der Waals surface area contributed by atoms with Gasteiger partial charge >= 0.3 is 0 Å². The largest absolute Gasteiger partial charge is 0.302 e. The number of amides is 1. The Morgan fingerprint density at radius 3 is 2.48 bits per heavy atom. The van der Waals surface area contributed by atoms with Crippen LogP contribution in [0.2, 0.25) is 5.02 Å². The quantitative estimate of drug-likeness (QED) is 0.341. The first-order chi connectivity index (χ1) is 14.0. The summed E-state index contributed by atoms with van der Waals surface area (Å²) >= 11 is 7.23. The number of hydrogen-bond donors (Lipinski definition) is 1. The first-order valence-electron chi connectivity index (χ1n) is 9.20. The van der Waals surface area contributed by atoms with Crippen molar-refractivity contribution in [2.45, 2.75) is 32.5 Å². The molecule has 1 aromatic heterocycles. The van der Waals surface area contributed by atoms with Gasteiger partial charge in [-0.3, -0.25) is 4.79 Å². The average molecular weight is 428 g/mol. The van der Waals surface area contributed by atoms with Gasteiger partial charge in [0, 0.05) is 17.1 Å². The van der Waals surface area contributed by atoms with Crippen molar-refractivity contribution in [3.05, 3.63) is 64.7 Å². The zero-order valence-electron chi connectivity index (χ0n) is 16.5. The van der Waals surface area contributed by atoms with Crippen LogP contribution in [0.4, 0.5) is 0 Å². The molecule has 0 aliphatic rings. The van der Waals surface area contributed by atoms with E-state index in [1.165, 1.54) is 17.3 Å². The molecule has 0 radical (unpaired) electrons. The van der Waals surface area contributed by atoms with Crippen LogP contribution in [-0.2, 0) is 11.3 Å². The van der Waals surface area contributed by atoms with Crippen molar-refractivity contribution < 1.29 is 4.79 Å². The second kappa shape index (κ2) is 9.71. The van der Waals surface area contributed by atoms with Gasteiger partial charge in [-0.15, -0.1) is 10.2 Å². The van der Waals surface area contributed by atoms with Gasteiger partial charge in [0.1, 0.15) is 0 Å². The highest BCUT2D eigenvalue weighted by molar-refractivity contribution is 7.99. The number of carbonyl (C=O) groups is 1. The molecular formula is C21H22ClN5OS. The lowest BCUT2D eigenvalue weighted by Gasteiger charge is -2.07. The summed E-state index contributed by atoms with van der Waals surface area (Å²) in [6.07, 6.45) is 0. The number of rotatable bonds is 7. The summed E-state index contributed by atoms with van der Waals surface area (Å²) < 4.78 is 2.00. The summed E-state index contributed by atoms with van der Waals surface area (Å²) in [5.74, 6) is 0.793. The highest BCUT2D eigenvalue weighted by Crippen LogP contribution is 2.24. The molecule has 29 heavy (non-hydrogen) atoms. The van der Waals surface area contributed by atoms with Gasteiger partial charge in [0.15, 0.2) is 11.0 Å². The Hall–Kier alpha value is -2.64. The lowest BCUT2D eigenvalue weighted by Crippen LogP contribution is -2.21. The molecule has 0 unspecified atom stereocenters. The standard InChI is InChI=1S/C21H22ClN5OS/c1-4-27-20(17-7-5-14(2)6-8-17)25-26-21(27)29-13-19(28)24-23-15(3)16-9-11-18(22)12-10-16/h5-12H,4,13H2,1-3H3,(H,24,28)/b23-15-. The van der Waals surface area contributed by atoms with E-state index in [1.54, 1.807) is 12.1 Å². The van der Waals surface area contributed by atoms with Gasteiger partial charge in [0.2, 0.25) is 0 Å². The summed E-state index contributed by atoms with van der Waals surface area (Å²) in [4.78, 5) is 12.2. The van der Waals surface area contributed by atoms with E-state index in [4.69, 9.17) is 11.6 Å². The molecule has 0 atom stereocenters. The fourth-order valence-electron chi connectivity index (χ4n) is 2.66. The second-order valence-corrected chi connectivity index (χ2v) is 7.82. The summed E-state index contributed by atoms with van der Waals surface area (Å²) in [5.41, 5.74) is 6.39. The first kappa shape index (κ1) is 21.1. The maximum Gasteiger partial charge on any atom is 0.250 e. The van der Waals surface area contributed by atoms with E-state index in [0.29, 0.717) is 22.4 Å². The lowest BCUT2D eigenvalue weighted by molar-refractivity contribution is -0.118. The molecule has 150 valence electrons. The van der Waals surface area contributed by atoms with Crippen LogP contribution >= 0.6 is 23.4 Å². The Bertz CT molecular complexity index is 1010. The van der Waals surface area contributed by atoms with Gasteiger partial charge in [0.25, 0.3) is 5.91 Å². The normalized spacial score (nSPS) is 11.5. The Balaban J connectivity index is 1.62. The van der Waals surface area contributed by atoms with Gasteiger partial charge in [-0.2, -0.15) is 5.10 Å². The Morgan fingerprint density at radius 1 is 1.14 bits per heavy atom. The number of thioether (sulfide) groups is 1. The van der Waals surface area contributed by atoms with Crippen LogP contribution in [0.25, 0.3) is 11.4 Å². The van der Waals surface area contributed by atoms with Crippen LogP contribution < -0.4 is 5.43 Å². The van der Waals surface area contributed by atoms with Crippen LogP contribution in [0.5, 0.6) is 0 Å². The molecule has 0 spiro atoms. The molecule has 0 fully saturated rings. The van der Waals surface area contributed by atoms with Crippen molar-refractivity contribution in [3.63, 3.8) is 0 Å². The Labute approximate surface area is 179 Å². The zero-order valence-corrected chi connectivity index (χ0v) is 18.1. The molecule has 1 amide bonds. The van der Waals surface area contributed by atoms with Crippen LogP contribution in [0, 0.1) is 6.92 Å². The van der Waals surface area contributed by atoms with Crippen LogP contribution in [0.15, 0.2) is 58.8 Å². The number of carbonyl (C=O) groups excluding carboxylic acids is 1. The molecule has 0 aliphatic heterocycles. The van der Waals surface area contributed by atoms with E-state index in [9.17, 15) is 4.79 Å².